The number of fused-ring (bicyclic) bond motifs is 1. The second kappa shape index (κ2) is 10.3. The van der Waals surface area contributed by atoms with Crippen molar-refractivity contribution < 1.29 is 22.9 Å². The van der Waals surface area contributed by atoms with Crippen molar-refractivity contribution in [3.63, 3.8) is 0 Å². The van der Waals surface area contributed by atoms with Crippen molar-refractivity contribution in [1.82, 2.24) is 9.62 Å². The Morgan fingerprint density at radius 1 is 1.24 bits per heavy atom. The smallest absolute Gasteiger partial charge is 0.312 e. The van der Waals surface area contributed by atoms with Gasteiger partial charge in [0.25, 0.3) is 5.91 Å². The zero-order valence-electron chi connectivity index (χ0n) is 19.0. The number of hydrogen-bond donors (Lipinski definition) is 1. The fraction of sp³-hybridized carbons (Fsp3) is 0.435. The van der Waals surface area contributed by atoms with Crippen LogP contribution in [0.1, 0.15) is 50.8 Å². The molecule has 0 aromatic heterocycles. The summed E-state index contributed by atoms with van der Waals surface area (Å²) < 4.78 is 32.3. The number of nitro benzene ring substituents is 1. The Morgan fingerprint density at radius 2 is 1.94 bits per heavy atom. The lowest BCUT2D eigenvalue weighted by atomic mass is 9.87. The van der Waals surface area contributed by atoms with Gasteiger partial charge in [-0.3, -0.25) is 14.9 Å². The minimum absolute atomic E-state index is 0.148. The van der Waals surface area contributed by atoms with Crippen molar-refractivity contribution in [3.05, 3.63) is 63.7 Å². The maximum atomic E-state index is 12.8. The molecule has 10 heteroatoms. The summed E-state index contributed by atoms with van der Waals surface area (Å²) in [6, 6.07) is 11.3. The maximum absolute atomic E-state index is 12.8. The summed E-state index contributed by atoms with van der Waals surface area (Å²) in [6.07, 6.45) is 1.70. The topological polar surface area (TPSA) is 119 Å². The van der Waals surface area contributed by atoms with Gasteiger partial charge in [-0.25, -0.2) is 8.42 Å². The number of nitrogens with one attached hydrogen (secondary N) is 1. The Bertz CT molecular complexity index is 1130. The molecule has 2 aromatic carbocycles. The van der Waals surface area contributed by atoms with Crippen LogP contribution in [0.5, 0.6) is 5.75 Å². The molecule has 3 rings (SSSR count). The molecule has 178 valence electrons. The summed E-state index contributed by atoms with van der Waals surface area (Å²) in [5.74, 6) is -0.559. The summed E-state index contributed by atoms with van der Waals surface area (Å²) in [6.45, 7) is 5.38. The molecule has 9 nitrogen and oxygen atoms in total. The van der Waals surface area contributed by atoms with E-state index in [-0.39, 0.29) is 29.8 Å². The second-order valence-corrected chi connectivity index (χ2v) is 9.83. The van der Waals surface area contributed by atoms with Gasteiger partial charge in [0.15, 0.2) is 11.9 Å². The van der Waals surface area contributed by atoms with Crippen molar-refractivity contribution in [2.24, 2.45) is 0 Å². The van der Waals surface area contributed by atoms with Crippen LogP contribution in [0, 0.1) is 10.1 Å². The molecule has 0 aliphatic heterocycles. The quantitative estimate of drug-likeness (QED) is 0.437. The van der Waals surface area contributed by atoms with Gasteiger partial charge in [0, 0.05) is 19.2 Å². The van der Waals surface area contributed by atoms with Gasteiger partial charge in [0.05, 0.1) is 15.9 Å². The molecule has 1 aliphatic carbocycles. The third-order valence-corrected chi connectivity index (χ3v) is 7.88. The van der Waals surface area contributed by atoms with E-state index in [1.807, 2.05) is 24.3 Å². The van der Waals surface area contributed by atoms with Crippen molar-refractivity contribution in [3.8, 4) is 5.75 Å². The molecule has 0 fully saturated rings. The second-order valence-electron chi connectivity index (χ2n) is 7.89. The highest BCUT2D eigenvalue weighted by Gasteiger charge is 2.29. The lowest BCUT2D eigenvalue weighted by Crippen LogP contribution is -2.39. The minimum Gasteiger partial charge on any atom is -0.474 e. The van der Waals surface area contributed by atoms with E-state index in [1.165, 1.54) is 28.9 Å². The summed E-state index contributed by atoms with van der Waals surface area (Å²) in [5.41, 5.74) is 1.76. The highest BCUT2D eigenvalue weighted by molar-refractivity contribution is 7.89. The average molecular weight is 476 g/mol. The van der Waals surface area contributed by atoms with E-state index in [4.69, 9.17) is 4.74 Å². The first-order valence-corrected chi connectivity index (χ1v) is 12.5. The van der Waals surface area contributed by atoms with Crippen molar-refractivity contribution in [2.75, 3.05) is 13.1 Å². The SMILES string of the molecule is CCN(CC)S(=O)(=O)c1ccc(O[C@H](C)C(=O)N[C@H]2CCCc3ccccc32)c([N+](=O)[O-])c1. The monoisotopic (exact) mass is 475 g/mol. The predicted molar refractivity (Wildman–Crippen MR) is 124 cm³/mol. The van der Waals surface area contributed by atoms with Crippen LogP contribution in [0.3, 0.4) is 0 Å². The van der Waals surface area contributed by atoms with Crippen LogP contribution in [0.15, 0.2) is 47.4 Å². The summed E-state index contributed by atoms with van der Waals surface area (Å²) in [5, 5.41) is 14.6. The third kappa shape index (κ3) is 5.33. The maximum Gasteiger partial charge on any atom is 0.312 e. The van der Waals surface area contributed by atoms with E-state index in [9.17, 15) is 23.3 Å². The molecular formula is C23H29N3O6S. The molecule has 1 aliphatic rings. The van der Waals surface area contributed by atoms with Gasteiger partial charge < -0.3 is 10.1 Å². The van der Waals surface area contributed by atoms with E-state index >= 15 is 0 Å². The molecule has 0 radical (unpaired) electrons. The molecule has 0 unspecified atom stereocenters. The Morgan fingerprint density at radius 3 is 2.61 bits per heavy atom. The summed E-state index contributed by atoms with van der Waals surface area (Å²) >= 11 is 0. The first-order chi connectivity index (χ1) is 15.7. The van der Waals surface area contributed by atoms with Crippen LogP contribution in [0.25, 0.3) is 0 Å². The van der Waals surface area contributed by atoms with Crippen LogP contribution in [-0.2, 0) is 21.2 Å². The molecule has 0 saturated heterocycles. The third-order valence-electron chi connectivity index (χ3n) is 5.83. The van der Waals surface area contributed by atoms with Gasteiger partial charge in [-0.05, 0) is 49.4 Å². The number of benzene rings is 2. The molecule has 0 spiro atoms. The zero-order chi connectivity index (χ0) is 24.2. The van der Waals surface area contributed by atoms with Crippen molar-refractivity contribution in [1.29, 1.82) is 0 Å². The van der Waals surface area contributed by atoms with Crippen LogP contribution in [0.2, 0.25) is 0 Å². The number of aryl methyl sites for hydroxylation is 1. The normalized spacial score (nSPS) is 16.7. The molecule has 2 atom stereocenters. The van der Waals surface area contributed by atoms with Crippen LogP contribution >= 0.6 is 0 Å². The van der Waals surface area contributed by atoms with E-state index in [0.29, 0.717) is 0 Å². The average Bonchev–Trinajstić information content (AvgIpc) is 2.79. The van der Waals surface area contributed by atoms with Gasteiger partial charge in [-0.2, -0.15) is 4.31 Å². The molecule has 33 heavy (non-hydrogen) atoms. The van der Waals surface area contributed by atoms with Gasteiger partial charge >= 0.3 is 5.69 Å². The molecule has 1 N–H and O–H groups in total. The van der Waals surface area contributed by atoms with Gasteiger partial charge in [0.1, 0.15) is 0 Å². The fourth-order valence-corrected chi connectivity index (χ4v) is 5.53. The molecule has 0 bridgehead atoms. The van der Waals surface area contributed by atoms with E-state index in [2.05, 4.69) is 5.32 Å². The fourth-order valence-electron chi connectivity index (χ4n) is 4.05. The number of amides is 1. The van der Waals surface area contributed by atoms with E-state index in [1.54, 1.807) is 13.8 Å². The first kappa shape index (κ1) is 24.7. The number of sulfonamides is 1. The number of carbonyl (C=O) groups excluding carboxylic acids is 1. The Labute approximate surface area is 193 Å². The summed E-state index contributed by atoms with van der Waals surface area (Å²) in [7, 11) is -3.87. The molecular weight excluding hydrogens is 446 g/mol. The molecule has 0 saturated carbocycles. The molecule has 2 aromatic rings. The highest BCUT2D eigenvalue weighted by Crippen LogP contribution is 2.32. The number of nitrogens with zero attached hydrogens (tertiary/aromatic N) is 2. The van der Waals surface area contributed by atoms with E-state index in [0.717, 1.165) is 30.9 Å². The number of nitro groups is 1. The number of ether oxygens (including phenoxy) is 1. The molecule has 1 amide bonds. The Hall–Kier alpha value is -2.98. The van der Waals surface area contributed by atoms with Gasteiger partial charge in [-0.1, -0.05) is 38.1 Å². The first-order valence-electron chi connectivity index (χ1n) is 11.0. The van der Waals surface area contributed by atoms with Crippen molar-refractivity contribution in [2.45, 2.75) is 57.1 Å². The number of hydrogen-bond acceptors (Lipinski definition) is 6. The lowest BCUT2D eigenvalue weighted by molar-refractivity contribution is -0.386. The standard InChI is InChI=1S/C23H29N3O6S/c1-4-25(5-2)33(30,31)18-13-14-22(21(15-18)26(28)29)32-16(3)23(27)24-20-12-8-10-17-9-6-7-11-19(17)20/h6-7,9,11,13-16,20H,4-5,8,10,12H2,1-3H3,(H,24,27)/t16-,20+/m1/s1. The van der Waals surface area contributed by atoms with Crippen LogP contribution in [0.4, 0.5) is 5.69 Å². The predicted octanol–water partition coefficient (Wildman–Crippen LogP) is 3.59. The summed E-state index contributed by atoms with van der Waals surface area (Å²) in [4.78, 5) is 23.5. The minimum atomic E-state index is -3.87. The van der Waals surface area contributed by atoms with Crippen molar-refractivity contribution >= 4 is 21.6 Å². The Balaban J connectivity index is 1.79. The Kier molecular flexibility index (Phi) is 7.70. The number of carbonyl (C=O) groups is 1. The van der Waals surface area contributed by atoms with Gasteiger partial charge in [0.2, 0.25) is 10.0 Å². The van der Waals surface area contributed by atoms with Gasteiger partial charge in [-0.15, -0.1) is 0 Å². The highest BCUT2D eigenvalue weighted by atomic mass is 32.2. The molecule has 0 heterocycles. The largest absolute Gasteiger partial charge is 0.474 e. The lowest BCUT2D eigenvalue weighted by Gasteiger charge is -2.27. The number of rotatable bonds is 9. The van der Waals surface area contributed by atoms with Crippen LogP contribution in [-0.4, -0.2) is 42.7 Å². The van der Waals surface area contributed by atoms with E-state index < -0.39 is 32.6 Å². The zero-order valence-corrected chi connectivity index (χ0v) is 19.8. The van der Waals surface area contributed by atoms with Crippen LogP contribution < -0.4 is 10.1 Å².